The zero-order valence-electron chi connectivity index (χ0n) is 12.6. The standard InChI is InChI=1S/C18H19ClN2O/c1-13-4-2-6-15(10-13)18(22)21-9-8-20-12-17(21)14-5-3-7-16(19)11-14/h2-7,10-11,17,20H,8-9,12H2,1H3. The maximum absolute atomic E-state index is 12.9. The van der Waals surface area contributed by atoms with Crippen LogP contribution in [0.2, 0.25) is 5.02 Å². The molecule has 1 unspecified atom stereocenters. The van der Waals surface area contributed by atoms with Crippen molar-refractivity contribution in [1.29, 1.82) is 0 Å². The van der Waals surface area contributed by atoms with E-state index in [4.69, 9.17) is 11.6 Å². The minimum atomic E-state index is 0.0143. The zero-order chi connectivity index (χ0) is 15.5. The highest BCUT2D eigenvalue weighted by molar-refractivity contribution is 6.30. The molecule has 4 heteroatoms. The molecule has 0 aromatic heterocycles. The summed E-state index contributed by atoms with van der Waals surface area (Å²) in [6.07, 6.45) is 0. The number of carbonyl (C=O) groups is 1. The van der Waals surface area contributed by atoms with Gasteiger partial charge in [-0.15, -0.1) is 0 Å². The Kier molecular flexibility index (Phi) is 4.46. The first-order valence-corrected chi connectivity index (χ1v) is 7.87. The molecule has 22 heavy (non-hydrogen) atoms. The molecule has 1 aliphatic rings. The van der Waals surface area contributed by atoms with Crippen LogP contribution in [0.4, 0.5) is 0 Å². The highest BCUT2D eigenvalue weighted by Gasteiger charge is 2.28. The van der Waals surface area contributed by atoms with Crippen molar-refractivity contribution in [1.82, 2.24) is 10.2 Å². The summed E-state index contributed by atoms with van der Waals surface area (Å²) in [4.78, 5) is 14.8. The Morgan fingerprint density at radius 3 is 2.82 bits per heavy atom. The van der Waals surface area contributed by atoms with Gasteiger partial charge in [0.25, 0.3) is 5.91 Å². The Morgan fingerprint density at radius 1 is 1.23 bits per heavy atom. The third-order valence-corrected chi connectivity index (χ3v) is 4.24. The molecule has 2 aromatic carbocycles. The lowest BCUT2D eigenvalue weighted by atomic mass is 10.0. The molecule has 0 aliphatic carbocycles. The third-order valence-electron chi connectivity index (χ3n) is 4.00. The smallest absolute Gasteiger partial charge is 0.254 e. The molecule has 0 spiro atoms. The fourth-order valence-corrected chi connectivity index (χ4v) is 3.10. The van der Waals surface area contributed by atoms with E-state index in [2.05, 4.69) is 5.32 Å². The first-order chi connectivity index (χ1) is 10.6. The highest BCUT2D eigenvalue weighted by atomic mass is 35.5. The van der Waals surface area contributed by atoms with Crippen LogP contribution in [0, 0.1) is 6.92 Å². The molecule has 0 bridgehead atoms. The fourth-order valence-electron chi connectivity index (χ4n) is 2.90. The first kappa shape index (κ1) is 15.1. The Balaban J connectivity index is 1.91. The number of hydrogen-bond acceptors (Lipinski definition) is 2. The van der Waals surface area contributed by atoms with E-state index >= 15 is 0 Å². The molecule has 3 rings (SSSR count). The molecule has 0 saturated carbocycles. The predicted molar refractivity (Wildman–Crippen MR) is 89.3 cm³/mol. The van der Waals surface area contributed by atoms with Gasteiger partial charge in [-0.05, 0) is 36.8 Å². The number of nitrogens with one attached hydrogen (secondary N) is 1. The SMILES string of the molecule is Cc1cccc(C(=O)N2CCNCC2c2cccc(Cl)c2)c1. The topological polar surface area (TPSA) is 32.3 Å². The summed E-state index contributed by atoms with van der Waals surface area (Å²) >= 11 is 6.11. The molecule has 1 saturated heterocycles. The minimum absolute atomic E-state index is 0.0143. The van der Waals surface area contributed by atoms with Crippen LogP contribution < -0.4 is 5.32 Å². The number of piperazine rings is 1. The number of rotatable bonds is 2. The molecule has 1 amide bonds. The van der Waals surface area contributed by atoms with Crippen LogP contribution in [0.1, 0.15) is 27.5 Å². The number of amides is 1. The molecular formula is C18H19ClN2O. The average Bonchev–Trinajstić information content (AvgIpc) is 2.54. The van der Waals surface area contributed by atoms with E-state index in [1.54, 1.807) is 0 Å². The van der Waals surface area contributed by atoms with Crippen LogP contribution in [0.25, 0.3) is 0 Å². The van der Waals surface area contributed by atoms with Crippen molar-refractivity contribution in [3.8, 4) is 0 Å². The van der Waals surface area contributed by atoms with E-state index in [1.807, 2.05) is 60.4 Å². The number of aryl methyl sites for hydroxylation is 1. The van der Waals surface area contributed by atoms with Gasteiger partial charge in [-0.1, -0.05) is 41.4 Å². The second-order valence-corrected chi connectivity index (χ2v) is 6.08. The number of halogens is 1. The molecule has 1 N–H and O–H groups in total. The van der Waals surface area contributed by atoms with Gasteiger partial charge >= 0.3 is 0 Å². The maximum atomic E-state index is 12.9. The third kappa shape index (κ3) is 3.16. The Labute approximate surface area is 135 Å². The second kappa shape index (κ2) is 6.51. The van der Waals surface area contributed by atoms with Crippen molar-refractivity contribution >= 4 is 17.5 Å². The second-order valence-electron chi connectivity index (χ2n) is 5.64. The Hall–Kier alpha value is -1.84. The minimum Gasteiger partial charge on any atom is -0.329 e. The molecule has 1 atom stereocenters. The normalized spacial score (nSPS) is 18.3. The summed E-state index contributed by atoms with van der Waals surface area (Å²) in [5.41, 5.74) is 2.91. The lowest BCUT2D eigenvalue weighted by Crippen LogP contribution is -2.48. The van der Waals surface area contributed by atoms with Crippen LogP contribution in [-0.2, 0) is 0 Å². The van der Waals surface area contributed by atoms with E-state index in [0.717, 1.165) is 29.8 Å². The molecule has 3 nitrogen and oxygen atoms in total. The molecule has 1 heterocycles. The van der Waals surface area contributed by atoms with Crippen molar-refractivity contribution in [2.24, 2.45) is 0 Å². The van der Waals surface area contributed by atoms with Crippen LogP contribution in [0.15, 0.2) is 48.5 Å². The molecule has 0 radical (unpaired) electrons. The average molecular weight is 315 g/mol. The quantitative estimate of drug-likeness (QED) is 0.921. The van der Waals surface area contributed by atoms with E-state index in [9.17, 15) is 4.79 Å². The van der Waals surface area contributed by atoms with Gasteiger partial charge in [0, 0.05) is 30.2 Å². The molecule has 1 aliphatic heterocycles. The Bertz CT molecular complexity index is 686. The number of nitrogens with zero attached hydrogens (tertiary/aromatic N) is 1. The van der Waals surface area contributed by atoms with Gasteiger partial charge in [0.2, 0.25) is 0 Å². The predicted octanol–water partition coefficient (Wildman–Crippen LogP) is 3.44. The van der Waals surface area contributed by atoms with Gasteiger partial charge in [-0.2, -0.15) is 0 Å². The van der Waals surface area contributed by atoms with E-state index in [1.165, 1.54) is 0 Å². The van der Waals surface area contributed by atoms with Crippen LogP contribution in [-0.4, -0.2) is 30.4 Å². The van der Waals surface area contributed by atoms with Gasteiger partial charge in [0.1, 0.15) is 0 Å². The van der Waals surface area contributed by atoms with E-state index in [-0.39, 0.29) is 11.9 Å². The highest BCUT2D eigenvalue weighted by Crippen LogP contribution is 2.26. The summed E-state index contributed by atoms with van der Waals surface area (Å²) in [5, 5.41) is 4.06. The van der Waals surface area contributed by atoms with Gasteiger partial charge in [0.15, 0.2) is 0 Å². The number of benzene rings is 2. The van der Waals surface area contributed by atoms with Crippen molar-refractivity contribution in [2.75, 3.05) is 19.6 Å². The van der Waals surface area contributed by atoms with Crippen molar-refractivity contribution in [3.05, 3.63) is 70.2 Å². The summed E-state index contributed by atoms with van der Waals surface area (Å²) in [6.45, 7) is 4.26. The maximum Gasteiger partial charge on any atom is 0.254 e. The van der Waals surface area contributed by atoms with Crippen LogP contribution in [0.3, 0.4) is 0 Å². The Morgan fingerprint density at radius 2 is 2.05 bits per heavy atom. The fraction of sp³-hybridized carbons (Fsp3) is 0.278. The summed E-state index contributed by atoms with van der Waals surface area (Å²) in [5.74, 6) is 0.0789. The van der Waals surface area contributed by atoms with Crippen molar-refractivity contribution < 1.29 is 4.79 Å². The molecular weight excluding hydrogens is 296 g/mol. The summed E-state index contributed by atoms with van der Waals surface area (Å²) in [7, 11) is 0. The first-order valence-electron chi connectivity index (χ1n) is 7.49. The lowest BCUT2D eigenvalue weighted by molar-refractivity contribution is 0.0634. The van der Waals surface area contributed by atoms with Crippen molar-refractivity contribution in [3.63, 3.8) is 0 Å². The molecule has 1 fully saturated rings. The van der Waals surface area contributed by atoms with E-state index in [0.29, 0.717) is 11.6 Å². The van der Waals surface area contributed by atoms with Gasteiger partial charge < -0.3 is 10.2 Å². The monoisotopic (exact) mass is 314 g/mol. The number of carbonyl (C=O) groups excluding carboxylic acids is 1. The molecule has 114 valence electrons. The lowest BCUT2D eigenvalue weighted by Gasteiger charge is -2.36. The number of hydrogen-bond donors (Lipinski definition) is 1. The van der Waals surface area contributed by atoms with Crippen molar-refractivity contribution in [2.45, 2.75) is 13.0 Å². The van der Waals surface area contributed by atoms with Gasteiger partial charge in [-0.3, -0.25) is 4.79 Å². The summed E-state index contributed by atoms with van der Waals surface area (Å²) < 4.78 is 0. The van der Waals surface area contributed by atoms with Crippen LogP contribution >= 0.6 is 11.6 Å². The van der Waals surface area contributed by atoms with Gasteiger partial charge in [0.05, 0.1) is 6.04 Å². The summed E-state index contributed by atoms with van der Waals surface area (Å²) in [6, 6.07) is 15.5. The van der Waals surface area contributed by atoms with Gasteiger partial charge in [-0.25, -0.2) is 0 Å². The molecule has 2 aromatic rings. The zero-order valence-corrected chi connectivity index (χ0v) is 13.3. The largest absolute Gasteiger partial charge is 0.329 e. The van der Waals surface area contributed by atoms with Crippen LogP contribution in [0.5, 0.6) is 0 Å². The van der Waals surface area contributed by atoms with E-state index < -0.39 is 0 Å².